The van der Waals surface area contributed by atoms with Crippen LogP contribution in [0, 0.1) is 0 Å². The summed E-state index contributed by atoms with van der Waals surface area (Å²) in [4.78, 5) is 28.4. The number of ether oxygens (including phenoxy) is 1. The number of hydrogen-bond acceptors (Lipinski definition) is 8. The highest BCUT2D eigenvalue weighted by Gasteiger charge is 2.25. The number of piperazine rings is 1. The molecule has 1 saturated heterocycles. The Morgan fingerprint density at radius 1 is 1.19 bits per heavy atom. The SMILES string of the molecule is CSc1nnnn1-c1cccc(NC(=O)NCCN2CCN(C(=O)OC(C)(C)C)CC2)c1. The molecule has 11 nitrogen and oxygen atoms in total. The molecule has 1 fully saturated rings. The summed E-state index contributed by atoms with van der Waals surface area (Å²) in [5.74, 6) is 0. The number of tetrazole rings is 1. The van der Waals surface area contributed by atoms with Gasteiger partial charge in [-0.15, -0.1) is 5.10 Å². The summed E-state index contributed by atoms with van der Waals surface area (Å²) < 4.78 is 7.03. The van der Waals surface area contributed by atoms with Gasteiger partial charge in [0.15, 0.2) is 0 Å². The number of rotatable bonds is 6. The number of hydrogen-bond donors (Lipinski definition) is 2. The van der Waals surface area contributed by atoms with Crippen LogP contribution in [-0.2, 0) is 4.74 Å². The van der Waals surface area contributed by atoms with Gasteiger partial charge in [0.1, 0.15) is 5.60 Å². The highest BCUT2D eigenvalue weighted by molar-refractivity contribution is 7.98. The third kappa shape index (κ3) is 6.82. The van der Waals surface area contributed by atoms with Crippen LogP contribution in [0.4, 0.5) is 15.3 Å². The molecule has 1 aromatic carbocycles. The normalized spacial score (nSPS) is 14.8. The van der Waals surface area contributed by atoms with Crippen molar-refractivity contribution in [2.75, 3.05) is 50.8 Å². The van der Waals surface area contributed by atoms with Crippen LogP contribution in [0.15, 0.2) is 29.4 Å². The number of nitrogens with one attached hydrogen (secondary N) is 2. The van der Waals surface area contributed by atoms with E-state index in [0.29, 0.717) is 37.0 Å². The van der Waals surface area contributed by atoms with Gasteiger partial charge in [0.05, 0.1) is 5.69 Å². The summed E-state index contributed by atoms with van der Waals surface area (Å²) in [5, 5.41) is 18.0. The van der Waals surface area contributed by atoms with Crippen LogP contribution in [0.3, 0.4) is 0 Å². The first kappa shape index (κ1) is 23.8. The van der Waals surface area contributed by atoms with Gasteiger partial charge < -0.3 is 20.3 Å². The molecule has 174 valence electrons. The zero-order valence-electron chi connectivity index (χ0n) is 18.9. The van der Waals surface area contributed by atoms with E-state index in [1.54, 1.807) is 9.58 Å². The van der Waals surface area contributed by atoms with Gasteiger partial charge in [0, 0.05) is 45.0 Å². The van der Waals surface area contributed by atoms with Crippen molar-refractivity contribution < 1.29 is 14.3 Å². The Hall–Kier alpha value is -2.86. The lowest BCUT2D eigenvalue weighted by Crippen LogP contribution is -2.51. The van der Waals surface area contributed by atoms with E-state index in [1.807, 2.05) is 51.3 Å². The van der Waals surface area contributed by atoms with E-state index >= 15 is 0 Å². The zero-order chi connectivity index (χ0) is 23.1. The molecule has 3 amide bonds. The van der Waals surface area contributed by atoms with Crippen LogP contribution in [0.2, 0.25) is 0 Å². The molecular formula is C20H30N8O3S. The molecule has 0 atom stereocenters. The maximum atomic E-state index is 12.3. The molecule has 1 aliphatic heterocycles. The number of thioether (sulfide) groups is 1. The smallest absolute Gasteiger partial charge is 0.410 e. The molecule has 0 spiro atoms. The summed E-state index contributed by atoms with van der Waals surface area (Å²) in [5.41, 5.74) is 0.919. The minimum atomic E-state index is -0.492. The molecule has 2 N–H and O–H groups in total. The maximum absolute atomic E-state index is 12.3. The third-order valence-electron chi connectivity index (χ3n) is 4.71. The fourth-order valence-corrected chi connectivity index (χ4v) is 3.60. The lowest BCUT2D eigenvalue weighted by atomic mass is 10.2. The van der Waals surface area contributed by atoms with Gasteiger partial charge in [-0.3, -0.25) is 4.90 Å². The first-order chi connectivity index (χ1) is 15.2. The zero-order valence-corrected chi connectivity index (χ0v) is 19.7. The number of nitrogens with zero attached hydrogens (tertiary/aromatic N) is 6. The van der Waals surface area contributed by atoms with Crippen LogP contribution < -0.4 is 10.6 Å². The molecule has 0 saturated carbocycles. The Kier molecular flexibility index (Phi) is 7.91. The second-order valence-electron chi connectivity index (χ2n) is 8.32. The van der Waals surface area contributed by atoms with Crippen molar-refractivity contribution >= 4 is 29.6 Å². The molecule has 2 heterocycles. The fourth-order valence-electron chi connectivity index (χ4n) is 3.17. The topological polar surface area (TPSA) is 118 Å². The number of aromatic nitrogens is 4. The molecular weight excluding hydrogens is 432 g/mol. The number of urea groups is 1. The van der Waals surface area contributed by atoms with Crippen molar-refractivity contribution in [3.63, 3.8) is 0 Å². The summed E-state index contributed by atoms with van der Waals surface area (Å²) >= 11 is 1.44. The molecule has 1 aromatic heterocycles. The average Bonchev–Trinajstić information content (AvgIpc) is 3.22. The number of carbonyl (C=O) groups excluding carboxylic acids is 2. The van der Waals surface area contributed by atoms with Gasteiger partial charge in [-0.2, -0.15) is 4.68 Å². The lowest BCUT2D eigenvalue weighted by Gasteiger charge is -2.35. The third-order valence-corrected chi connectivity index (χ3v) is 5.33. The Balaban J connectivity index is 1.40. The van der Waals surface area contributed by atoms with Crippen LogP contribution >= 0.6 is 11.8 Å². The van der Waals surface area contributed by atoms with Gasteiger partial charge in [-0.05, 0) is 55.7 Å². The average molecular weight is 463 g/mol. The van der Waals surface area contributed by atoms with Gasteiger partial charge in [0.25, 0.3) is 0 Å². The van der Waals surface area contributed by atoms with Crippen LogP contribution in [0.5, 0.6) is 0 Å². The molecule has 0 aliphatic carbocycles. The van der Waals surface area contributed by atoms with Crippen molar-refractivity contribution in [1.29, 1.82) is 0 Å². The van der Waals surface area contributed by atoms with E-state index in [4.69, 9.17) is 4.74 Å². The number of anilines is 1. The summed E-state index contributed by atoms with van der Waals surface area (Å²) in [6.07, 6.45) is 1.62. The molecule has 12 heteroatoms. The monoisotopic (exact) mass is 462 g/mol. The van der Waals surface area contributed by atoms with E-state index < -0.39 is 5.60 Å². The Morgan fingerprint density at radius 2 is 1.94 bits per heavy atom. The second kappa shape index (κ2) is 10.6. The molecule has 0 radical (unpaired) electrons. The predicted octanol–water partition coefficient (Wildman–Crippen LogP) is 2.06. The fraction of sp³-hybridized carbons (Fsp3) is 0.550. The minimum Gasteiger partial charge on any atom is -0.444 e. The second-order valence-corrected chi connectivity index (χ2v) is 9.09. The first-order valence-electron chi connectivity index (χ1n) is 10.4. The minimum absolute atomic E-state index is 0.275. The van der Waals surface area contributed by atoms with Crippen molar-refractivity contribution in [3.05, 3.63) is 24.3 Å². The molecule has 0 unspecified atom stereocenters. The highest BCUT2D eigenvalue weighted by atomic mass is 32.2. The highest BCUT2D eigenvalue weighted by Crippen LogP contribution is 2.18. The summed E-state index contributed by atoms with van der Waals surface area (Å²) in [6, 6.07) is 7.04. The van der Waals surface area contributed by atoms with Gasteiger partial charge >= 0.3 is 12.1 Å². The molecule has 3 rings (SSSR count). The van der Waals surface area contributed by atoms with Crippen molar-refractivity contribution in [1.82, 2.24) is 35.3 Å². The number of amides is 3. The predicted molar refractivity (Wildman–Crippen MR) is 122 cm³/mol. The van der Waals surface area contributed by atoms with E-state index in [9.17, 15) is 9.59 Å². The van der Waals surface area contributed by atoms with Crippen LogP contribution in [0.25, 0.3) is 5.69 Å². The Bertz CT molecular complexity index is 922. The van der Waals surface area contributed by atoms with Gasteiger partial charge in [-0.1, -0.05) is 17.8 Å². The Labute approximate surface area is 191 Å². The first-order valence-corrected chi connectivity index (χ1v) is 11.7. The van der Waals surface area contributed by atoms with Gasteiger partial charge in [-0.25, -0.2) is 9.59 Å². The number of benzene rings is 1. The van der Waals surface area contributed by atoms with Crippen molar-refractivity contribution in [2.45, 2.75) is 31.5 Å². The van der Waals surface area contributed by atoms with E-state index in [0.717, 1.165) is 18.8 Å². The largest absolute Gasteiger partial charge is 0.444 e. The Morgan fingerprint density at radius 3 is 2.62 bits per heavy atom. The van der Waals surface area contributed by atoms with E-state index in [-0.39, 0.29) is 12.1 Å². The molecule has 0 bridgehead atoms. The summed E-state index contributed by atoms with van der Waals surface area (Å²) in [6.45, 7) is 9.51. The lowest BCUT2D eigenvalue weighted by molar-refractivity contribution is 0.0147. The van der Waals surface area contributed by atoms with E-state index in [1.165, 1.54) is 11.8 Å². The molecule has 2 aromatic rings. The van der Waals surface area contributed by atoms with Crippen LogP contribution in [-0.4, -0.2) is 93.3 Å². The standard InChI is InChI=1S/C20H30N8O3S/c1-20(2,3)31-19(30)27-12-10-26(11-13-27)9-8-21-17(29)22-15-6-5-7-16(14-15)28-18(32-4)23-24-25-28/h5-7,14H,8-13H2,1-4H3,(H2,21,22,29). The van der Waals surface area contributed by atoms with E-state index in [2.05, 4.69) is 31.1 Å². The van der Waals surface area contributed by atoms with Gasteiger partial charge in [0.2, 0.25) is 5.16 Å². The van der Waals surface area contributed by atoms with Crippen molar-refractivity contribution in [3.8, 4) is 5.69 Å². The quantitative estimate of drug-likeness (QED) is 0.627. The van der Waals surface area contributed by atoms with Crippen LogP contribution in [0.1, 0.15) is 20.8 Å². The maximum Gasteiger partial charge on any atom is 0.410 e. The number of carbonyl (C=O) groups is 2. The van der Waals surface area contributed by atoms with Crippen molar-refractivity contribution in [2.24, 2.45) is 0 Å². The molecule has 32 heavy (non-hydrogen) atoms. The summed E-state index contributed by atoms with van der Waals surface area (Å²) in [7, 11) is 0. The molecule has 1 aliphatic rings.